The molecule has 3 heterocycles. The Bertz CT molecular complexity index is 2840. The minimum Gasteiger partial charge on any atom is -0.455 e. The lowest BCUT2D eigenvalue weighted by molar-refractivity contribution is 0.670. The second kappa shape index (κ2) is 11.4. The first-order valence-electron chi connectivity index (χ1n) is 16.7. The van der Waals surface area contributed by atoms with Gasteiger partial charge in [0.15, 0.2) is 11.6 Å². The Hall–Kier alpha value is -6.85. The number of aromatic nitrogens is 4. The minimum atomic E-state index is 0.549. The molecule has 3 aromatic heterocycles. The van der Waals surface area contributed by atoms with Gasteiger partial charge in [-0.05, 0) is 28.8 Å². The fourth-order valence-electron chi connectivity index (χ4n) is 7.07. The third kappa shape index (κ3) is 4.60. The number of hydrogen-bond donors (Lipinski definition) is 0. The lowest BCUT2D eigenvalue weighted by Crippen LogP contribution is -2.06. The molecule has 7 aromatic carbocycles. The van der Waals surface area contributed by atoms with E-state index in [1.165, 1.54) is 5.56 Å². The average molecular weight is 641 g/mol. The van der Waals surface area contributed by atoms with E-state index in [1.54, 1.807) is 0 Å². The number of benzene rings is 7. The summed E-state index contributed by atoms with van der Waals surface area (Å²) in [6.07, 6.45) is 0. The third-order valence-corrected chi connectivity index (χ3v) is 9.48. The third-order valence-electron chi connectivity index (χ3n) is 9.48. The Morgan fingerprint density at radius 2 is 0.940 bits per heavy atom. The molecule has 5 heteroatoms. The quantitative estimate of drug-likeness (QED) is 0.188. The zero-order valence-electron chi connectivity index (χ0n) is 26.9. The van der Waals surface area contributed by atoms with E-state index < -0.39 is 0 Å². The molecule has 0 aliphatic carbocycles. The van der Waals surface area contributed by atoms with Gasteiger partial charge >= 0.3 is 0 Å². The number of nitrogens with zero attached hydrogens (tertiary/aromatic N) is 4. The van der Waals surface area contributed by atoms with Crippen molar-refractivity contribution in [1.29, 1.82) is 0 Å². The summed E-state index contributed by atoms with van der Waals surface area (Å²) in [4.78, 5) is 15.3. The van der Waals surface area contributed by atoms with Gasteiger partial charge in [-0.15, -0.1) is 0 Å². The van der Waals surface area contributed by atoms with E-state index in [2.05, 4.69) is 132 Å². The smallest absolute Gasteiger partial charge is 0.238 e. The predicted molar refractivity (Wildman–Crippen MR) is 203 cm³/mol. The number of hydrogen-bond acceptors (Lipinski definition) is 4. The van der Waals surface area contributed by atoms with Gasteiger partial charge in [0.05, 0.1) is 11.0 Å². The zero-order chi connectivity index (χ0) is 33.0. The minimum absolute atomic E-state index is 0.549. The highest BCUT2D eigenvalue weighted by Gasteiger charge is 2.21. The molecule has 0 N–H and O–H groups in total. The molecular weight excluding hydrogens is 613 g/mol. The maximum absolute atomic E-state index is 6.70. The van der Waals surface area contributed by atoms with Crippen molar-refractivity contribution in [3.63, 3.8) is 0 Å². The van der Waals surface area contributed by atoms with E-state index in [-0.39, 0.29) is 0 Å². The highest BCUT2D eigenvalue weighted by molar-refractivity contribution is 6.18. The summed E-state index contributed by atoms with van der Waals surface area (Å²) in [7, 11) is 0. The number of furan rings is 1. The largest absolute Gasteiger partial charge is 0.455 e. The van der Waals surface area contributed by atoms with E-state index in [1.807, 2.05) is 42.5 Å². The lowest BCUT2D eigenvalue weighted by Gasteiger charge is -2.11. The van der Waals surface area contributed by atoms with Crippen LogP contribution in [0, 0.1) is 0 Å². The van der Waals surface area contributed by atoms with Crippen LogP contribution in [0.3, 0.4) is 0 Å². The Morgan fingerprint density at radius 1 is 0.380 bits per heavy atom. The predicted octanol–water partition coefficient (Wildman–Crippen LogP) is 11.5. The van der Waals surface area contributed by atoms with E-state index >= 15 is 0 Å². The first-order valence-corrected chi connectivity index (χ1v) is 16.7. The van der Waals surface area contributed by atoms with Crippen LogP contribution in [0.1, 0.15) is 0 Å². The summed E-state index contributed by atoms with van der Waals surface area (Å²) in [5, 5.41) is 4.39. The SMILES string of the molecule is c1ccc(-c2ccc(-c3nc(-c4ccccc4)nc(-n4c5ccccc5c5cc6c(cc54)oc4c(-c5ccccc5)cccc46)n3)cc2)cc1. The van der Waals surface area contributed by atoms with Crippen molar-refractivity contribution >= 4 is 43.7 Å². The van der Waals surface area contributed by atoms with Gasteiger partial charge in [-0.25, -0.2) is 4.98 Å². The van der Waals surface area contributed by atoms with Crippen LogP contribution in [-0.2, 0) is 0 Å². The van der Waals surface area contributed by atoms with Crippen molar-refractivity contribution in [2.45, 2.75) is 0 Å². The maximum Gasteiger partial charge on any atom is 0.238 e. The maximum atomic E-state index is 6.70. The molecule has 10 rings (SSSR count). The molecule has 0 atom stereocenters. The Kier molecular flexibility index (Phi) is 6.42. The van der Waals surface area contributed by atoms with Crippen LogP contribution in [0.5, 0.6) is 0 Å². The molecule has 0 aliphatic heterocycles. The second-order valence-corrected chi connectivity index (χ2v) is 12.5. The zero-order valence-corrected chi connectivity index (χ0v) is 26.9. The molecular formula is C45H28N4O. The number of rotatable bonds is 5. The fraction of sp³-hybridized carbons (Fsp3) is 0. The van der Waals surface area contributed by atoms with Gasteiger partial charge in [0.25, 0.3) is 0 Å². The Morgan fingerprint density at radius 3 is 1.66 bits per heavy atom. The summed E-state index contributed by atoms with van der Waals surface area (Å²) in [5.41, 5.74) is 10.0. The topological polar surface area (TPSA) is 56.7 Å². The molecule has 0 saturated heterocycles. The van der Waals surface area contributed by atoms with Gasteiger partial charge in [0.1, 0.15) is 11.2 Å². The molecule has 234 valence electrons. The molecule has 0 radical (unpaired) electrons. The lowest BCUT2D eigenvalue weighted by atomic mass is 10.0. The van der Waals surface area contributed by atoms with Gasteiger partial charge < -0.3 is 4.42 Å². The van der Waals surface area contributed by atoms with E-state index in [0.29, 0.717) is 17.6 Å². The van der Waals surface area contributed by atoms with Gasteiger partial charge in [0.2, 0.25) is 5.95 Å². The van der Waals surface area contributed by atoms with Crippen molar-refractivity contribution < 1.29 is 4.42 Å². The highest BCUT2D eigenvalue weighted by atomic mass is 16.3. The molecule has 10 aromatic rings. The van der Waals surface area contributed by atoms with Crippen molar-refractivity contribution in [2.24, 2.45) is 0 Å². The van der Waals surface area contributed by atoms with Crippen LogP contribution < -0.4 is 0 Å². The summed E-state index contributed by atoms with van der Waals surface area (Å²) >= 11 is 0. The first-order chi connectivity index (χ1) is 24.8. The van der Waals surface area contributed by atoms with Crippen molar-refractivity contribution in [3.05, 3.63) is 170 Å². The number of para-hydroxylation sites is 2. The van der Waals surface area contributed by atoms with E-state index in [9.17, 15) is 0 Å². The normalized spacial score (nSPS) is 11.6. The van der Waals surface area contributed by atoms with Gasteiger partial charge in [-0.2, -0.15) is 9.97 Å². The summed E-state index contributed by atoms with van der Waals surface area (Å²) in [6.45, 7) is 0. The first kappa shape index (κ1) is 28.2. The molecule has 0 fully saturated rings. The molecule has 0 amide bonds. The van der Waals surface area contributed by atoms with Crippen LogP contribution in [0.4, 0.5) is 0 Å². The molecule has 0 unspecified atom stereocenters. The molecule has 5 nitrogen and oxygen atoms in total. The van der Waals surface area contributed by atoms with Crippen molar-refractivity contribution in [3.8, 4) is 51.0 Å². The molecule has 0 aliphatic rings. The Labute approximate surface area is 287 Å². The standard InChI is InChI=1S/C45H28N4O/c1-4-13-29(14-5-1)30-23-25-33(26-24-30)44-46-43(32-17-8-3-9-18-32)47-45(48-44)49-39-22-11-10-19-35(39)37-27-38-36-21-12-20-34(31-15-6-2-7-16-31)42(36)50-41(38)28-40(37)49/h1-28H. The molecule has 0 spiro atoms. The average Bonchev–Trinajstić information content (AvgIpc) is 3.73. The number of fused-ring (bicyclic) bond motifs is 6. The van der Waals surface area contributed by atoms with Crippen molar-refractivity contribution in [2.75, 3.05) is 0 Å². The van der Waals surface area contributed by atoms with Gasteiger partial charge in [0, 0.05) is 44.3 Å². The van der Waals surface area contributed by atoms with Gasteiger partial charge in [-0.3, -0.25) is 4.57 Å². The fourth-order valence-corrected chi connectivity index (χ4v) is 7.07. The Balaban J connectivity index is 1.21. The van der Waals surface area contributed by atoms with Crippen LogP contribution in [0.15, 0.2) is 174 Å². The molecule has 0 bridgehead atoms. The van der Waals surface area contributed by atoms with Crippen LogP contribution in [-0.4, -0.2) is 19.5 Å². The second-order valence-electron chi connectivity index (χ2n) is 12.5. The summed E-state index contributed by atoms with van der Waals surface area (Å²) in [6, 6.07) is 58.5. The molecule has 0 saturated carbocycles. The monoisotopic (exact) mass is 640 g/mol. The van der Waals surface area contributed by atoms with Crippen LogP contribution in [0.25, 0.3) is 94.7 Å². The van der Waals surface area contributed by atoms with E-state index in [4.69, 9.17) is 19.4 Å². The van der Waals surface area contributed by atoms with Crippen molar-refractivity contribution in [1.82, 2.24) is 19.5 Å². The van der Waals surface area contributed by atoms with Crippen LogP contribution >= 0.6 is 0 Å². The molecule has 50 heavy (non-hydrogen) atoms. The summed E-state index contributed by atoms with van der Waals surface area (Å²) in [5.74, 6) is 1.77. The van der Waals surface area contributed by atoms with Crippen LogP contribution in [0.2, 0.25) is 0 Å². The highest BCUT2D eigenvalue weighted by Crippen LogP contribution is 2.40. The van der Waals surface area contributed by atoms with Gasteiger partial charge in [-0.1, -0.05) is 152 Å². The van der Waals surface area contributed by atoms with E-state index in [0.717, 1.165) is 71.6 Å². The summed E-state index contributed by atoms with van der Waals surface area (Å²) < 4.78 is 8.84.